The highest BCUT2D eigenvalue weighted by atomic mass is 32.1. The third-order valence-corrected chi connectivity index (χ3v) is 3.37. The molecule has 0 saturated heterocycles. The van der Waals surface area contributed by atoms with Crippen molar-refractivity contribution in [2.24, 2.45) is 0 Å². The first-order valence-corrected chi connectivity index (χ1v) is 6.36. The van der Waals surface area contributed by atoms with Crippen LogP contribution < -0.4 is 5.32 Å². The molecule has 2 aromatic rings. The Balaban J connectivity index is 1.90. The first-order valence-electron chi connectivity index (χ1n) is 5.48. The molecule has 0 fully saturated rings. The lowest BCUT2D eigenvalue weighted by atomic mass is 10.1. The molecule has 0 bridgehead atoms. The maximum Gasteiger partial charge on any atom is 0.224 e. The molecule has 2 rings (SSSR count). The van der Waals surface area contributed by atoms with Crippen LogP contribution in [0.25, 0.3) is 0 Å². The lowest BCUT2D eigenvalue weighted by Gasteiger charge is -2.11. The second kappa shape index (κ2) is 5.59. The predicted octanol–water partition coefficient (Wildman–Crippen LogP) is 2.56. The molecule has 1 atom stereocenters. The van der Waals surface area contributed by atoms with Crippen LogP contribution in [0.5, 0.6) is 0 Å². The third kappa shape index (κ3) is 3.39. The molecule has 1 aromatic carbocycles. The van der Waals surface area contributed by atoms with Crippen molar-refractivity contribution in [3.05, 3.63) is 52.5 Å². The Bertz CT molecular complexity index is 467. The number of carbonyl (C=O) groups is 1. The van der Waals surface area contributed by atoms with E-state index < -0.39 is 0 Å². The molecule has 0 aliphatic rings. The molecule has 0 saturated carbocycles. The highest BCUT2D eigenvalue weighted by molar-refractivity contribution is 7.09. The Hall–Kier alpha value is -1.68. The second-order valence-corrected chi connectivity index (χ2v) is 4.75. The summed E-state index contributed by atoms with van der Waals surface area (Å²) in [5.74, 6) is 0.0268. The van der Waals surface area contributed by atoms with Gasteiger partial charge in [-0.1, -0.05) is 30.3 Å². The van der Waals surface area contributed by atoms with Crippen LogP contribution >= 0.6 is 11.3 Å². The summed E-state index contributed by atoms with van der Waals surface area (Å²) >= 11 is 1.55. The van der Waals surface area contributed by atoms with E-state index in [1.807, 2.05) is 42.6 Å². The van der Waals surface area contributed by atoms with Gasteiger partial charge in [0.05, 0.1) is 12.5 Å². The highest BCUT2D eigenvalue weighted by Gasteiger charge is 2.11. The van der Waals surface area contributed by atoms with Gasteiger partial charge in [0.1, 0.15) is 5.01 Å². The van der Waals surface area contributed by atoms with Crippen molar-refractivity contribution in [2.75, 3.05) is 0 Å². The van der Waals surface area contributed by atoms with Crippen LogP contribution in [-0.2, 0) is 11.2 Å². The third-order valence-electron chi connectivity index (χ3n) is 2.41. The summed E-state index contributed by atoms with van der Waals surface area (Å²) < 4.78 is 0. The molecular weight excluding hydrogens is 232 g/mol. The van der Waals surface area contributed by atoms with Gasteiger partial charge in [-0.2, -0.15) is 0 Å². The van der Waals surface area contributed by atoms with E-state index in [0.29, 0.717) is 6.42 Å². The lowest BCUT2D eigenvalue weighted by molar-refractivity contribution is -0.121. The number of amides is 1. The number of nitrogens with zero attached hydrogens (tertiary/aromatic N) is 1. The lowest BCUT2D eigenvalue weighted by Crippen LogP contribution is -2.27. The number of carbonyl (C=O) groups excluding carboxylic acids is 1. The van der Waals surface area contributed by atoms with Crippen LogP contribution in [-0.4, -0.2) is 10.9 Å². The van der Waals surface area contributed by atoms with Gasteiger partial charge in [0.25, 0.3) is 0 Å². The minimum absolute atomic E-state index is 0.0220. The van der Waals surface area contributed by atoms with E-state index in [9.17, 15) is 4.79 Å². The van der Waals surface area contributed by atoms with Crippen LogP contribution in [0.1, 0.15) is 23.5 Å². The topological polar surface area (TPSA) is 42.0 Å². The summed E-state index contributed by atoms with van der Waals surface area (Å²) in [7, 11) is 0. The largest absolute Gasteiger partial charge is 0.347 e. The number of thiazole rings is 1. The normalized spacial score (nSPS) is 12.1. The van der Waals surface area contributed by atoms with Gasteiger partial charge in [-0.15, -0.1) is 11.3 Å². The van der Waals surface area contributed by atoms with Crippen LogP contribution in [0, 0.1) is 0 Å². The average Bonchev–Trinajstić information content (AvgIpc) is 2.83. The van der Waals surface area contributed by atoms with Crippen molar-refractivity contribution in [2.45, 2.75) is 19.4 Å². The van der Waals surface area contributed by atoms with Gasteiger partial charge < -0.3 is 5.32 Å². The van der Waals surface area contributed by atoms with Gasteiger partial charge in [-0.25, -0.2) is 4.98 Å². The first-order chi connectivity index (χ1) is 8.25. The highest BCUT2D eigenvalue weighted by Crippen LogP contribution is 2.14. The fourth-order valence-corrected chi connectivity index (χ4v) is 2.23. The van der Waals surface area contributed by atoms with Crippen LogP contribution in [0.2, 0.25) is 0 Å². The van der Waals surface area contributed by atoms with Crippen LogP contribution in [0.4, 0.5) is 0 Å². The summed E-state index contributed by atoms with van der Waals surface area (Å²) in [6, 6.07) is 9.70. The Morgan fingerprint density at radius 3 is 2.82 bits per heavy atom. The number of hydrogen-bond donors (Lipinski definition) is 1. The molecule has 1 N–H and O–H groups in total. The summed E-state index contributed by atoms with van der Waals surface area (Å²) in [6.45, 7) is 1.95. The fraction of sp³-hybridized carbons (Fsp3) is 0.231. The monoisotopic (exact) mass is 246 g/mol. The fourth-order valence-electron chi connectivity index (χ4n) is 1.58. The molecule has 1 aromatic heterocycles. The number of benzene rings is 1. The molecule has 1 heterocycles. The van der Waals surface area contributed by atoms with Crippen LogP contribution in [0.3, 0.4) is 0 Å². The van der Waals surface area contributed by atoms with Crippen molar-refractivity contribution < 1.29 is 4.79 Å². The van der Waals surface area contributed by atoms with E-state index in [0.717, 1.165) is 10.6 Å². The Morgan fingerprint density at radius 1 is 1.41 bits per heavy atom. The Morgan fingerprint density at radius 2 is 2.18 bits per heavy atom. The van der Waals surface area contributed by atoms with Crippen molar-refractivity contribution >= 4 is 17.2 Å². The maximum atomic E-state index is 11.8. The van der Waals surface area contributed by atoms with Crippen molar-refractivity contribution in [3.63, 3.8) is 0 Å². The SMILES string of the molecule is C[C@H](NC(=O)Cc1ccccc1)c1nccs1. The molecule has 1 amide bonds. The molecule has 88 valence electrons. The summed E-state index contributed by atoms with van der Waals surface area (Å²) in [5.41, 5.74) is 1.02. The molecule has 3 nitrogen and oxygen atoms in total. The van der Waals surface area contributed by atoms with Crippen molar-refractivity contribution in [1.29, 1.82) is 0 Å². The van der Waals surface area contributed by atoms with E-state index in [-0.39, 0.29) is 11.9 Å². The van der Waals surface area contributed by atoms with E-state index >= 15 is 0 Å². The van der Waals surface area contributed by atoms with Gasteiger partial charge in [-0.05, 0) is 12.5 Å². The minimum atomic E-state index is -0.0220. The number of hydrogen-bond acceptors (Lipinski definition) is 3. The first kappa shape index (κ1) is 11.8. The van der Waals surface area contributed by atoms with E-state index in [1.54, 1.807) is 17.5 Å². The minimum Gasteiger partial charge on any atom is -0.347 e. The maximum absolute atomic E-state index is 11.8. The van der Waals surface area contributed by atoms with Crippen LogP contribution in [0.15, 0.2) is 41.9 Å². The standard InChI is InChI=1S/C13H14N2OS/c1-10(13-14-7-8-17-13)15-12(16)9-11-5-3-2-4-6-11/h2-8,10H,9H2,1H3,(H,15,16)/t10-/m0/s1. The van der Waals surface area contributed by atoms with E-state index in [2.05, 4.69) is 10.3 Å². The molecule has 0 spiro atoms. The molecule has 0 radical (unpaired) electrons. The average molecular weight is 246 g/mol. The van der Waals surface area contributed by atoms with Gasteiger partial charge in [0, 0.05) is 11.6 Å². The zero-order valence-corrected chi connectivity index (χ0v) is 10.4. The summed E-state index contributed by atoms with van der Waals surface area (Å²) in [6.07, 6.45) is 2.16. The zero-order chi connectivity index (χ0) is 12.1. The second-order valence-electron chi connectivity index (χ2n) is 3.82. The quantitative estimate of drug-likeness (QED) is 0.901. The zero-order valence-electron chi connectivity index (χ0n) is 9.59. The molecule has 0 aliphatic carbocycles. The number of nitrogens with one attached hydrogen (secondary N) is 1. The smallest absolute Gasteiger partial charge is 0.224 e. The van der Waals surface area contributed by atoms with E-state index in [1.165, 1.54) is 0 Å². The molecular formula is C13H14N2OS. The van der Waals surface area contributed by atoms with Crippen molar-refractivity contribution in [1.82, 2.24) is 10.3 Å². The van der Waals surface area contributed by atoms with Gasteiger partial charge in [0.2, 0.25) is 5.91 Å². The molecule has 0 aliphatic heterocycles. The Kier molecular flexibility index (Phi) is 3.88. The van der Waals surface area contributed by atoms with Gasteiger partial charge in [0.15, 0.2) is 0 Å². The Labute approximate surface area is 105 Å². The summed E-state index contributed by atoms with van der Waals surface area (Å²) in [4.78, 5) is 16.0. The molecule has 0 unspecified atom stereocenters. The number of aromatic nitrogens is 1. The summed E-state index contributed by atoms with van der Waals surface area (Å²) in [5, 5.41) is 5.79. The van der Waals surface area contributed by atoms with E-state index in [4.69, 9.17) is 0 Å². The van der Waals surface area contributed by atoms with Gasteiger partial charge >= 0.3 is 0 Å². The predicted molar refractivity (Wildman–Crippen MR) is 68.8 cm³/mol. The molecule has 17 heavy (non-hydrogen) atoms. The van der Waals surface area contributed by atoms with Crippen molar-refractivity contribution in [3.8, 4) is 0 Å². The van der Waals surface area contributed by atoms with Gasteiger partial charge in [-0.3, -0.25) is 4.79 Å². The molecule has 4 heteroatoms. The number of rotatable bonds is 4.